The standard InChI is InChI=1S/C14H22O/c1-10-7-12(9-14(3,4)5)8-11(2)13(10)15-6/h7-8H,9H2,1-6H3. The zero-order valence-corrected chi connectivity index (χ0v) is 10.8. The minimum absolute atomic E-state index is 0.341. The molecule has 84 valence electrons. The van der Waals surface area contributed by atoms with Gasteiger partial charge in [-0.3, -0.25) is 0 Å². The summed E-state index contributed by atoms with van der Waals surface area (Å²) in [6, 6.07) is 4.47. The van der Waals surface area contributed by atoms with Crippen LogP contribution in [-0.2, 0) is 6.42 Å². The number of hydrogen-bond acceptors (Lipinski definition) is 1. The molecule has 1 nitrogen and oxygen atoms in total. The van der Waals surface area contributed by atoms with Crippen molar-refractivity contribution in [3.05, 3.63) is 28.8 Å². The second-order valence-electron chi connectivity index (χ2n) is 5.50. The van der Waals surface area contributed by atoms with Crippen molar-refractivity contribution in [3.8, 4) is 5.75 Å². The molecule has 0 radical (unpaired) electrons. The molecule has 0 saturated heterocycles. The smallest absolute Gasteiger partial charge is 0.124 e. The second-order valence-corrected chi connectivity index (χ2v) is 5.50. The first-order valence-corrected chi connectivity index (χ1v) is 5.47. The van der Waals surface area contributed by atoms with Crippen molar-refractivity contribution >= 4 is 0 Å². The maximum atomic E-state index is 5.36. The minimum atomic E-state index is 0.341. The Kier molecular flexibility index (Phi) is 3.43. The summed E-state index contributed by atoms with van der Waals surface area (Å²) in [5, 5.41) is 0. The Hall–Kier alpha value is -0.980. The number of methoxy groups -OCH3 is 1. The molecule has 0 bridgehead atoms. The van der Waals surface area contributed by atoms with Gasteiger partial charge in [0.25, 0.3) is 0 Å². The van der Waals surface area contributed by atoms with Crippen molar-refractivity contribution < 1.29 is 4.74 Å². The maximum Gasteiger partial charge on any atom is 0.124 e. The molecule has 1 aromatic carbocycles. The van der Waals surface area contributed by atoms with Crippen molar-refractivity contribution in [2.45, 2.75) is 41.0 Å². The van der Waals surface area contributed by atoms with Gasteiger partial charge in [-0.05, 0) is 42.4 Å². The van der Waals surface area contributed by atoms with Gasteiger partial charge in [0.1, 0.15) is 5.75 Å². The zero-order valence-electron chi connectivity index (χ0n) is 10.8. The van der Waals surface area contributed by atoms with Crippen LogP contribution in [0.15, 0.2) is 12.1 Å². The molecular formula is C14H22O. The monoisotopic (exact) mass is 206 g/mol. The largest absolute Gasteiger partial charge is 0.496 e. The normalized spacial score (nSPS) is 11.6. The van der Waals surface area contributed by atoms with E-state index >= 15 is 0 Å². The molecule has 1 aromatic rings. The van der Waals surface area contributed by atoms with E-state index in [1.54, 1.807) is 7.11 Å². The molecule has 0 heterocycles. The van der Waals surface area contributed by atoms with Gasteiger partial charge in [0.2, 0.25) is 0 Å². The Labute approximate surface area is 93.5 Å². The van der Waals surface area contributed by atoms with Crippen LogP contribution in [0.1, 0.15) is 37.5 Å². The number of rotatable bonds is 2. The molecular weight excluding hydrogens is 184 g/mol. The summed E-state index contributed by atoms with van der Waals surface area (Å²) in [6.45, 7) is 11.0. The highest BCUT2D eigenvalue weighted by atomic mass is 16.5. The van der Waals surface area contributed by atoms with Crippen molar-refractivity contribution in [2.75, 3.05) is 7.11 Å². The molecule has 0 aromatic heterocycles. The van der Waals surface area contributed by atoms with Crippen LogP contribution in [-0.4, -0.2) is 7.11 Å². The highest BCUT2D eigenvalue weighted by Crippen LogP contribution is 2.28. The van der Waals surface area contributed by atoms with Crippen molar-refractivity contribution in [1.82, 2.24) is 0 Å². The molecule has 0 aliphatic carbocycles. The predicted molar refractivity (Wildman–Crippen MR) is 65.6 cm³/mol. The lowest BCUT2D eigenvalue weighted by Crippen LogP contribution is -2.09. The van der Waals surface area contributed by atoms with Gasteiger partial charge < -0.3 is 4.74 Å². The van der Waals surface area contributed by atoms with Crippen LogP contribution >= 0.6 is 0 Å². The molecule has 0 N–H and O–H groups in total. The van der Waals surface area contributed by atoms with E-state index in [-0.39, 0.29) is 0 Å². The van der Waals surface area contributed by atoms with Crippen LogP contribution in [0.3, 0.4) is 0 Å². The van der Waals surface area contributed by atoms with Crippen LogP contribution in [0, 0.1) is 19.3 Å². The highest BCUT2D eigenvalue weighted by Gasteiger charge is 2.13. The average Bonchev–Trinajstić information content (AvgIpc) is 1.99. The van der Waals surface area contributed by atoms with Crippen LogP contribution < -0.4 is 4.74 Å². The predicted octanol–water partition coefficient (Wildman–Crippen LogP) is 3.90. The van der Waals surface area contributed by atoms with Crippen LogP contribution in [0.25, 0.3) is 0 Å². The number of ether oxygens (including phenoxy) is 1. The first kappa shape index (κ1) is 12.1. The number of aryl methyl sites for hydroxylation is 2. The Morgan fingerprint density at radius 2 is 1.53 bits per heavy atom. The van der Waals surface area contributed by atoms with Gasteiger partial charge in [0.05, 0.1) is 7.11 Å². The van der Waals surface area contributed by atoms with E-state index in [0.29, 0.717) is 5.41 Å². The van der Waals surface area contributed by atoms with Gasteiger partial charge in [-0.25, -0.2) is 0 Å². The molecule has 1 rings (SSSR count). The fourth-order valence-corrected chi connectivity index (χ4v) is 2.08. The quantitative estimate of drug-likeness (QED) is 0.713. The summed E-state index contributed by atoms with van der Waals surface area (Å²) >= 11 is 0. The van der Waals surface area contributed by atoms with Crippen molar-refractivity contribution in [2.24, 2.45) is 5.41 Å². The summed E-state index contributed by atoms with van der Waals surface area (Å²) in [4.78, 5) is 0. The molecule has 0 aliphatic heterocycles. The molecule has 0 atom stereocenters. The Morgan fingerprint density at radius 1 is 1.07 bits per heavy atom. The van der Waals surface area contributed by atoms with Crippen molar-refractivity contribution in [3.63, 3.8) is 0 Å². The zero-order chi connectivity index (χ0) is 11.6. The second kappa shape index (κ2) is 4.26. The van der Waals surface area contributed by atoms with Crippen molar-refractivity contribution in [1.29, 1.82) is 0 Å². The molecule has 1 heteroatoms. The van der Waals surface area contributed by atoms with E-state index in [0.717, 1.165) is 12.2 Å². The molecule has 15 heavy (non-hydrogen) atoms. The van der Waals surface area contributed by atoms with Gasteiger partial charge in [0, 0.05) is 0 Å². The molecule has 0 spiro atoms. The van der Waals surface area contributed by atoms with E-state index in [1.165, 1.54) is 16.7 Å². The summed E-state index contributed by atoms with van der Waals surface area (Å²) in [6.07, 6.45) is 1.11. The third-order valence-electron chi connectivity index (χ3n) is 2.46. The van der Waals surface area contributed by atoms with Gasteiger partial charge in [-0.15, -0.1) is 0 Å². The lowest BCUT2D eigenvalue weighted by Gasteiger charge is -2.19. The first-order chi connectivity index (χ1) is 6.83. The average molecular weight is 206 g/mol. The molecule has 0 unspecified atom stereocenters. The van der Waals surface area contributed by atoms with Crippen LogP contribution in [0.2, 0.25) is 0 Å². The van der Waals surface area contributed by atoms with Gasteiger partial charge in [-0.2, -0.15) is 0 Å². The van der Waals surface area contributed by atoms with E-state index in [4.69, 9.17) is 4.74 Å². The number of hydrogen-bond donors (Lipinski definition) is 0. The van der Waals surface area contributed by atoms with E-state index in [9.17, 15) is 0 Å². The minimum Gasteiger partial charge on any atom is -0.496 e. The lowest BCUT2D eigenvalue weighted by molar-refractivity contribution is 0.402. The lowest BCUT2D eigenvalue weighted by atomic mass is 9.87. The van der Waals surface area contributed by atoms with Crippen LogP contribution in [0.4, 0.5) is 0 Å². The molecule has 0 fully saturated rings. The summed E-state index contributed by atoms with van der Waals surface area (Å²) in [7, 11) is 1.73. The molecule has 0 amide bonds. The van der Waals surface area contributed by atoms with E-state index < -0.39 is 0 Å². The Morgan fingerprint density at radius 3 is 1.87 bits per heavy atom. The molecule has 0 saturated carbocycles. The maximum absolute atomic E-state index is 5.36. The van der Waals surface area contributed by atoms with Crippen LogP contribution in [0.5, 0.6) is 5.75 Å². The Balaban J connectivity index is 3.04. The summed E-state index contributed by atoms with van der Waals surface area (Å²) in [5.74, 6) is 1.02. The third-order valence-corrected chi connectivity index (χ3v) is 2.46. The highest BCUT2D eigenvalue weighted by molar-refractivity contribution is 5.43. The first-order valence-electron chi connectivity index (χ1n) is 5.47. The van der Waals surface area contributed by atoms with Gasteiger partial charge >= 0.3 is 0 Å². The Bertz CT molecular complexity index is 322. The summed E-state index contributed by atoms with van der Waals surface area (Å²) < 4.78 is 5.36. The van der Waals surface area contributed by atoms with Gasteiger partial charge in [-0.1, -0.05) is 32.9 Å². The molecule has 0 aliphatic rings. The third kappa shape index (κ3) is 3.26. The SMILES string of the molecule is COc1c(C)cc(CC(C)(C)C)cc1C. The van der Waals surface area contributed by atoms with E-state index in [2.05, 4.69) is 46.8 Å². The summed E-state index contributed by atoms with van der Waals surface area (Å²) in [5.41, 5.74) is 4.21. The number of benzene rings is 1. The van der Waals surface area contributed by atoms with Gasteiger partial charge in [0.15, 0.2) is 0 Å². The fraction of sp³-hybridized carbons (Fsp3) is 0.571. The topological polar surface area (TPSA) is 9.23 Å². The fourth-order valence-electron chi connectivity index (χ4n) is 2.08. The van der Waals surface area contributed by atoms with E-state index in [1.807, 2.05) is 0 Å².